The molecule has 1 aliphatic rings. The lowest BCUT2D eigenvalue weighted by molar-refractivity contribution is -0.139. The molecule has 2 aromatic carbocycles. The first-order chi connectivity index (χ1) is 13.3. The zero-order valence-electron chi connectivity index (χ0n) is 16.5. The quantitative estimate of drug-likeness (QED) is 0.771. The zero-order chi connectivity index (χ0) is 20.3. The molecule has 0 aromatic heterocycles. The van der Waals surface area contributed by atoms with Crippen LogP contribution in [0.3, 0.4) is 0 Å². The highest BCUT2D eigenvalue weighted by Gasteiger charge is 2.32. The molecule has 6 nitrogen and oxygen atoms in total. The number of carbonyl (C=O) groups excluding carboxylic acids is 1. The summed E-state index contributed by atoms with van der Waals surface area (Å²) in [5.74, 6) is 0.507. The number of carbonyl (C=O) groups is 1. The molecule has 1 aliphatic heterocycles. The van der Waals surface area contributed by atoms with Crippen molar-refractivity contribution in [2.75, 3.05) is 26.2 Å². The third-order valence-corrected chi connectivity index (χ3v) is 6.96. The van der Waals surface area contributed by atoms with Crippen molar-refractivity contribution in [2.24, 2.45) is 0 Å². The Bertz CT molecular complexity index is 936. The van der Waals surface area contributed by atoms with Gasteiger partial charge in [-0.15, -0.1) is 0 Å². The molecule has 150 valence electrons. The van der Waals surface area contributed by atoms with Crippen molar-refractivity contribution in [3.63, 3.8) is 0 Å². The van der Waals surface area contributed by atoms with Crippen LogP contribution in [0.4, 0.5) is 0 Å². The second kappa shape index (κ2) is 8.32. The number of hydrogen-bond donors (Lipinski definition) is 0. The first kappa shape index (κ1) is 20.4. The Morgan fingerprint density at radius 2 is 1.64 bits per heavy atom. The third-order valence-electron chi connectivity index (χ3n) is 4.92. The molecule has 0 bridgehead atoms. The highest BCUT2D eigenvalue weighted by Crippen LogP contribution is 2.23. The maximum Gasteiger partial charge on any atom is 0.263 e. The fourth-order valence-electron chi connectivity index (χ4n) is 3.28. The predicted octanol–water partition coefficient (Wildman–Crippen LogP) is 2.60. The highest BCUT2D eigenvalue weighted by atomic mass is 32.2. The van der Waals surface area contributed by atoms with Crippen LogP contribution in [0.5, 0.6) is 5.75 Å². The van der Waals surface area contributed by atoms with Crippen molar-refractivity contribution >= 4 is 15.9 Å². The van der Waals surface area contributed by atoms with Gasteiger partial charge in [0.25, 0.3) is 5.91 Å². The summed E-state index contributed by atoms with van der Waals surface area (Å²) in [7, 11) is -3.57. The minimum Gasteiger partial charge on any atom is -0.481 e. The van der Waals surface area contributed by atoms with Gasteiger partial charge in [0.2, 0.25) is 10.0 Å². The Morgan fingerprint density at radius 3 is 2.29 bits per heavy atom. The van der Waals surface area contributed by atoms with E-state index in [2.05, 4.69) is 0 Å². The number of nitrogens with zero attached hydrogens (tertiary/aromatic N) is 2. The van der Waals surface area contributed by atoms with E-state index in [0.717, 1.165) is 11.1 Å². The molecule has 0 unspecified atom stereocenters. The number of para-hydroxylation sites is 1. The van der Waals surface area contributed by atoms with Gasteiger partial charge in [-0.3, -0.25) is 4.79 Å². The molecule has 1 fully saturated rings. The van der Waals surface area contributed by atoms with Crippen molar-refractivity contribution in [1.82, 2.24) is 9.21 Å². The van der Waals surface area contributed by atoms with Crippen LogP contribution in [0.15, 0.2) is 53.4 Å². The van der Waals surface area contributed by atoms with Crippen molar-refractivity contribution in [3.8, 4) is 5.75 Å². The minimum absolute atomic E-state index is 0.132. The van der Waals surface area contributed by atoms with Gasteiger partial charge < -0.3 is 9.64 Å². The average Bonchev–Trinajstić information content (AvgIpc) is 2.70. The van der Waals surface area contributed by atoms with Crippen LogP contribution in [-0.4, -0.2) is 55.8 Å². The number of ether oxygens (including phenoxy) is 1. The second-order valence-electron chi connectivity index (χ2n) is 7.07. The van der Waals surface area contributed by atoms with Crippen LogP contribution in [0.1, 0.15) is 18.1 Å². The molecule has 0 saturated carbocycles. The summed E-state index contributed by atoms with van der Waals surface area (Å²) < 4.78 is 33.2. The topological polar surface area (TPSA) is 66.9 Å². The van der Waals surface area contributed by atoms with Crippen LogP contribution in [0.25, 0.3) is 0 Å². The predicted molar refractivity (Wildman–Crippen MR) is 108 cm³/mol. The molecule has 2 aromatic rings. The molecule has 3 rings (SSSR count). The van der Waals surface area contributed by atoms with Gasteiger partial charge in [0.1, 0.15) is 5.75 Å². The van der Waals surface area contributed by atoms with Gasteiger partial charge in [-0.05, 0) is 50.1 Å². The van der Waals surface area contributed by atoms with Crippen LogP contribution in [0.2, 0.25) is 0 Å². The van der Waals surface area contributed by atoms with E-state index in [1.54, 1.807) is 36.9 Å². The van der Waals surface area contributed by atoms with Crippen LogP contribution >= 0.6 is 0 Å². The van der Waals surface area contributed by atoms with Crippen molar-refractivity contribution in [3.05, 3.63) is 59.7 Å². The van der Waals surface area contributed by atoms with Crippen molar-refractivity contribution < 1.29 is 17.9 Å². The molecular formula is C21H26N2O4S. The zero-order valence-corrected chi connectivity index (χ0v) is 17.3. The molecule has 1 saturated heterocycles. The molecule has 0 aliphatic carbocycles. The number of amides is 1. The fourth-order valence-corrected chi connectivity index (χ4v) is 5.02. The fraction of sp³-hybridized carbons (Fsp3) is 0.381. The molecule has 0 spiro atoms. The highest BCUT2D eigenvalue weighted by molar-refractivity contribution is 7.89. The summed E-state index contributed by atoms with van der Waals surface area (Å²) in [5, 5.41) is 0. The SMILES string of the molecule is Cc1ccc(C)c(S(=O)(=O)N2CCN(C(=O)[C@@H](C)Oc3ccccc3)CC2)c1. The van der Waals surface area contributed by atoms with Gasteiger partial charge in [0.05, 0.1) is 4.90 Å². The lowest BCUT2D eigenvalue weighted by atomic mass is 10.2. The maximum atomic E-state index is 13.0. The minimum atomic E-state index is -3.57. The third kappa shape index (κ3) is 4.36. The average molecular weight is 403 g/mol. The molecule has 0 radical (unpaired) electrons. The number of aryl methyl sites for hydroxylation is 2. The van der Waals surface area contributed by atoms with Crippen LogP contribution < -0.4 is 4.74 Å². The molecular weight excluding hydrogens is 376 g/mol. The number of sulfonamides is 1. The number of benzene rings is 2. The second-order valence-corrected chi connectivity index (χ2v) is 8.98. The Morgan fingerprint density at radius 1 is 1.00 bits per heavy atom. The standard InChI is InChI=1S/C21H26N2O4S/c1-16-9-10-17(2)20(15-16)28(25,26)23-13-11-22(12-14-23)21(24)18(3)27-19-7-5-4-6-8-19/h4-10,15,18H,11-14H2,1-3H3/t18-/m1/s1. The van der Waals surface area contributed by atoms with E-state index in [0.29, 0.717) is 23.7 Å². The molecule has 28 heavy (non-hydrogen) atoms. The van der Waals surface area contributed by atoms with E-state index >= 15 is 0 Å². The summed E-state index contributed by atoms with van der Waals surface area (Å²) in [4.78, 5) is 14.7. The van der Waals surface area contributed by atoms with Gasteiger partial charge in [-0.1, -0.05) is 30.3 Å². The normalized spacial score (nSPS) is 16.6. The maximum absolute atomic E-state index is 13.0. The van der Waals surface area contributed by atoms with Crippen LogP contribution in [0, 0.1) is 13.8 Å². The first-order valence-corrected chi connectivity index (χ1v) is 10.8. The number of hydrogen-bond acceptors (Lipinski definition) is 4. The molecule has 1 amide bonds. The van der Waals surface area contributed by atoms with Crippen molar-refractivity contribution in [2.45, 2.75) is 31.8 Å². The summed E-state index contributed by atoms with van der Waals surface area (Å²) in [6.07, 6.45) is -0.621. The Labute approximate surface area is 166 Å². The monoisotopic (exact) mass is 402 g/mol. The largest absolute Gasteiger partial charge is 0.481 e. The van der Waals surface area contributed by atoms with Gasteiger partial charge in [0.15, 0.2) is 6.10 Å². The van der Waals surface area contributed by atoms with Gasteiger partial charge in [-0.2, -0.15) is 4.31 Å². The number of rotatable bonds is 5. The molecule has 1 atom stereocenters. The van der Waals surface area contributed by atoms with E-state index in [4.69, 9.17) is 4.74 Å². The lowest BCUT2D eigenvalue weighted by Crippen LogP contribution is -2.53. The molecule has 0 N–H and O–H groups in total. The van der Waals surface area contributed by atoms with Crippen LogP contribution in [-0.2, 0) is 14.8 Å². The lowest BCUT2D eigenvalue weighted by Gasteiger charge is -2.35. The van der Waals surface area contributed by atoms with E-state index in [9.17, 15) is 13.2 Å². The molecule has 7 heteroatoms. The Balaban J connectivity index is 1.63. The van der Waals surface area contributed by atoms with E-state index < -0.39 is 16.1 Å². The van der Waals surface area contributed by atoms with E-state index in [1.165, 1.54) is 4.31 Å². The van der Waals surface area contributed by atoms with Crippen molar-refractivity contribution in [1.29, 1.82) is 0 Å². The Kier molecular flexibility index (Phi) is 6.05. The summed E-state index contributed by atoms with van der Waals surface area (Å²) in [5.41, 5.74) is 1.64. The molecule has 1 heterocycles. The van der Waals surface area contributed by atoms with Gasteiger partial charge >= 0.3 is 0 Å². The Hall–Kier alpha value is -2.38. The first-order valence-electron chi connectivity index (χ1n) is 9.37. The summed E-state index contributed by atoms with van der Waals surface area (Å²) >= 11 is 0. The van der Waals surface area contributed by atoms with E-state index in [1.807, 2.05) is 37.3 Å². The van der Waals surface area contributed by atoms with Gasteiger partial charge in [0, 0.05) is 26.2 Å². The number of piperazine rings is 1. The summed E-state index contributed by atoms with van der Waals surface area (Å²) in [6, 6.07) is 14.6. The van der Waals surface area contributed by atoms with E-state index in [-0.39, 0.29) is 19.0 Å². The van der Waals surface area contributed by atoms with Gasteiger partial charge in [-0.25, -0.2) is 8.42 Å². The smallest absolute Gasteiger partial charge is 0.263 e. The summed E-state index contributed by atoms with van der Waals surface area (Å²) in [6.45, 7) is 6.66.